The van der Waals surface area contributed by atoms with Crippen molar-refractivity contribution in [2.75, 3.05) is 7.11 Å². The molecule has 0 radical (unpaired) electrons. The van der Waals surface area contributed by atoms with Crippen molar-refractivity contribution in [1.29, 1.82) is 0 Å². The number of hydrogen-bond acceptors (Lipinski definition) is 3. The van der Waals surface area contributed by atoms with Crippen LogP contribution in [0.3, 0.4) is 0 Å². The summed E-state index contributed by atoms with van der Waals surface area (Å²) >= 11 is 0. The molecule has 4 heteroatoms. The molecule has 0 saturated carbocycles. The number of aryl methyl sites for hydroxylation is 1. The number of ether oxygens (including phenoxy) is 1. The summed E-state index contributed by atoms with van der Waals surface area (Å²) in [6.07, 6.45) is 2.47. The van der Waals surface area contributed by atoms with Gasteiger partial charge in [0.15, 0.2) is 0 Å². The first-order valence-corrected chi connectivity index (χ1v) is 5.46. The lowest BCUT2D eigenvalue weighted by Crippen LogP contribution is -1.97. The van der Waals surface area contributed by atoms with E-state index >= 15 is 0 Å². The van der Waals surface area contributed by atoms with Crippen LogP contribution in [0.4, 0.5) is 0 Å². The highest BCUT2D eigenvalue weighted by atomic mass is 16.6. The van der Waals surface area contributed by atoms with Crippen molar-refractivity contribution in [1.82, 2.24) is 0 Å². The number of nitrogens with zero attached hydrogens (tertiary/aromatic N) is 1. The molecule has 0 amide bonds. The third kappa shape index (κ3) is 3.31. The van der Waals surface area contributed by atoms with Gasteiger partial charge >= 0.3 is 0 Å². The molecule has 0 spiro atoms. The van der Waals surface area contributed by atoms with Crippen LogP contribution >= 0.6 is 0 Å². The molecular formula is C13H17NO3. The number of nitro groups is 1. The minimum absolute atomic E-state index is 0.313. The Morgan fingerprint density at radius 1 is 1.41 bits per heavy atom. The fourth-order valence-electron chi connectivity index (χ4n) is 1.66. The molecule has 0 aliphatic heterocycles. The highest BCUT2D eigenvalue weighted by Gasteiger charge is 2.10. The highest BCUT2D eigenvalue weighted by Crippen LogP contribution is 2.30. The van der Waals surface area contributed by atoms with Gasteiger partial charge in [-0.3, -0.25) is 10.1 Å². The molecule has 0 aliphatic carbocycles. The van der Waals surface area contributed by atoms with Gasteiger partial charge in [0.25, 0.3) is 0 Å². The van der Waals surface area contributed by atoms with Gasteiger partial charge in [-0.05, 0) is 41.7 Å². The van der Waals surface area contributed by atoms with Crippen molar-refractivity contribution in [2.45, 2.75) is 26.7 Å². The Balaban J connectivity index is 3.24. The maximum atomic E-state index is 10.3. The van der Waals surface area contributed by atoms with Gasteiger partial charge in [-0.2, -0.15) is 0 Å². The summed E-state index contributed by atoms with van der Waals surface area (Å²) in [4.78, 5) is 9.86. The molecule has 0 unspecified atom stereocenters. The monoisotopic (exact) mass is 235 g/mol. The minimum Gasteiger partial charge on any atom is -0.496 e. The van der Waals surface area contributed by atoms with E-state index in [4.69, 9.17) is 4.74 Å². The van der Waals surface area contributed by atoms with E-state index < -0.39 is 4.92 Å². The van der Waals surface area contributed by atoms with Crippen LogP contribution in [0.25, 0.3) is 6.08 Å². The van der Waals surface area contributed by atoms with Crippen molar-refractivity contribution < 1.29 is 9.66 Å². The Hall–Kier alpha value is -1.84. The minimum atomic E-state index is -0.460. The van der Waals surface area contributed by atoms with Crippen LogP contribution in [0.1, 0.15) is 36.5 Å². The quantitative estimate of drug-likeness (QED) is 0.593. The summed E-state index contributed by atoms with van der Waals surface area (Å²) in [7, 11) is 1.63. The Morgan fingerprint density at radius 2 is 2.06 bits per heavy atom. The van der Waals surface area contributed by atoms with E-state index in [0.717, 1.165) is 28.6 Å². The standard InChI is InChI=1S/C13H17NO3/c1-9(2)12-8-11(5-6-14(15)16)10(3)7-13(12)17-4/h5-9H,1-4H3. The van der Waals surface area contributed by atoms with Crippen molar-refractivity contribution >= 4 is 6.08 Å². The molecule has 0 heterocycles. The van der Waals surface area contributed by atoms with Crippen LogP contribution in [0.5, 0.6) is 5.75 Å². The maximum absolute atomic E-state index is 10.3. The zero-order chi connectivity index (χ0) is 13.0. The lowest BCUT2D eigenvalue weighted by atomic mass is 9.96. The van der Waals surface area contributed by atoms with E-state index in [0.29, 0.717) is 5.92 Å². The lowest BCUT2D eigenvalue weighted by molar-refractivity contribution is -0.400. The molecule has 0 N–H and O–H groups in total. The fourth-order valence-corrected chi connectivity index (χ4v) is 1.66. The zero-order valence-electron chi connectivity index (χ0n) is 10.6. The molecule has 17 heavy (non-hydrogen) atoms. The zero-order valence-corrected chi connectivity index (χ0v) is 10.6. The molecule has 0 saturated heterocycles. The van der Waals surface area contributed by atoms with Gasteiger partial charge < -0.3 is 4.74 Å². The summed E-state index contributed by atoms with van der Waals surface area (Å²) in [6.45, 7) is 6.04. The third-order valence-corrected chi connectivity index (χ3v) is 2.62. The van der Waals surface area contributed by atoms with Gasteiger partial charge in [-0.15, -0.1) is 0 Å². The van der Waals surface area contributed by atoms with Gasteiger partial charge in [0.1, 0.15) is 5.75 Å². The second-order valence-electron chi connectivity index (χ2n) is 4.21. The summed E-state index contributed by atoms with van der Waals surface area (Å²) < 4.78 is 5.31. The molecule has 0 atom stereocenters. The second kappa shape index (κ2) is 5.48. The molecule has 0 fully saturated rings. The molecule has 1 aromatic rings. The van der Waals surface area contributed by atoms with E-state index in [2.05, 4.69) is 13.8 Å². The van der Waals surface area contributed by atoms with Crippen LogP contribution in [-0.4, -0.2) is 12.0 Å². The first-order chi connectivity index (χ1) is 7.95. The molecule has 4 nitrogen and oxygen atoms in total. The molecule has 92 valence electrons. The summed E-state index contributed by atoms with van der Waals surface area (Å²) in [6, 6.07) is 3.85. The number of methoxy groups -OCH3 is 1. The smallest absolute Gasteiger partial charge is 0.235 e. The highest BCUT2D eigenvalue weighted by molar-refractivity contribution is 5.57. The van der Waals surface area contributed by atoms with Crippen LogP contribution in [0, 0.1) is 17.0 Å². The van der Waals surface area contributed by atoms with E-state index in [1.165, 1.54) is 6.08 Å². The summed E-state index contributed by atoms with van der Waals surface area (Å²) in [5.74, 6) is 1.14. The van der Waals surface area contributed by atoms with Crippen molar-refractivity contribution in [3.8, 4) is 5.75 Å². The maximum Gasteiger partial charge on any atom is 0.235 e. The Bertz CT molecular complexity index is 450. The molecule has 1 aromatic carbocycles. The van der Waals surface area contributed by atoms with E-state index in [-0.39, 0.29) is 0 Å². The van der Waals surface area contributed by atoms with Gasteiger partial charge in [0.05, 0.1) is 12.0 Å². The Morgan fingerprint density at radius 3 is 2.53 bits per heavy atom. The Kier molecular flexibility index (Phi) is 4.26. The average Bonchev–Trinajstić information content (AvgIpc) is 2.26. The van der Waals surface area contributed by atoms with Gasteiger partial charge in [-0.1, -0.05) is 13.8 Å². The lowest BCUT2D eigenvalue weighted by Gasteiger charge is -2.14. The first-order valence-electron chi connectivity index (χ1n) is 5.46. The molecule has 0 bridgehead atoms. The van der Waals surface area contributed by atoms with Crippen molar-refractivity contribution in [3.05, 3.63) is 45.1 Å². The molecule has 1 rings (SSSR count). The number of benzene rings is 1. The first kappa shape index (κ1) is 13.2. The largest absolute Gasteiger partial charge is 0.496 e. The predicted octanol–water partition coefficient (Wildman–Crippen LogP) is 3.37. The van der Waals surface area contributed by atoms with E-state index in [1.807, 2.05) is 19.1 Å². The van der Waals surface area contributed by atoms with Gasteiger partial charge in [-0.25, -0.2) is 0 Å². The predicted molar refractivity (Wildman–Crippen MR) is 67.8 cm³/mol. The van der Waals surface area contributed by atoms with Crippen molar-refractivity contribution in [3.63, 3.8) is 0 Å². The number of rotatable bonds is 4. The van der Waals surface area contributed by atoms with Gasteiger partial charge in [0, 0.05) is 6.08 Å². The third-order valence-electron chi connectivity index (χ3n) is 2.62. The van der Waals surface area contributed by atoms with Crippen LogP contribution in [-0.2, 0) is 0 Å². The molecular weight excluding hydrogens is 218 g/mol. The van der Waals surface area contributed by atoms with E-state index in [9.17, 15) is 10.1 Å². The molecule has 0 aromatic heterocycles. The summed E-state index contributed by atoms with van der Waals surface area (Å²) in [5.41, 5.74) is 2.87. The van der Waals surface area contributed by atoms with Crippen LogP contribution < -0.4 is 4.74 Å². The topological polar surface area (TPSA) is 52.4 Å². The van der Waals surface area contributed by atoms with Crippen molar-refractivity contribution in [2.24, 2.45) is 0 Å². The normalized spacial score (nSPS) is 11.1. The Labute approximate surface area is 101 Å². The number of hydrogen-bond donors (Lipinski definition) is 0. The molecule has 0 aliphatic rings. The summed E-state index contributed by atoms with van der Waals surface area (Å²) in [5, 5.41) is 10.3. The SMILES string of the molecule is COc1cc(C)c(C=C[N+](=O)[O-])cc1C(C)C. The second-order valence-corrected chi connectivity index (χ2v) is 4.21. The van der Waals surface area contributed by atoms with Gasteiger partial charge in [0.2, 0.25) is 6.20 Å². The van der Waals surface area contributed by atoms with Crippen LogP contribution in [0.2, 0.25) is 0 Å². The van der Waals surface area contributed by atoms with E-state index in [1.54, 1.807) is 7.11 Å². The fraction of sp³-hybridized carbons (Fsp3) is 0.385. The average molecular weight is 235 g/mol. The van der Waals surface area contributed by atoms with Crippen LogP contribution in [0.15, 0.2) is 18.3 Å².